The van der Waals surface area contributed by atoms with Crippen molar-refractivity contribution in [3.8, 4) is 0 Å². The molecule has 1 aliphatic heterocycles. The van der Waals surface area contributed by atoms with Crippen LogP contribution in [0.25, 0.3) is 0 Å². The number of esters is 1. The highest BCUT2D eigenvalue weighted by atomic mass is 32.2. The Morgan fingerprint density at radius 3 is 3.00 bits per heavy atom. The third-order valence-electron chi connectivity index (χ3n) is 1.50. The molecular weight excluding hydrogens is 164 g/mol. The van der Waals surface area contributed by atoms with Gasteiger partial charge in [-0.1, -0.05) is 0 Å². The summed E-state index contributed by atoms with van der Waals surface area (Å²) in [6.07, 6.45) is 0.501. The molecule has 1 atom stereocenters. The molecule has 3 nitrogen and oxygen atoms in total. The van der Waals surface area contributed by atoms with Gasteiger partial charge in [-0.05, 0) is 0 Å². The van der Waals surface area contributed by atoms with Crippen LogP contribution in [0.4, 0.5) is 0 Å². The molecule has 1 heterocycles. The third kappa shape index (κ3) is 1.85. The van der Waals surface area contributed by atoms with Crippen LogP contribution in [0.2, 0.25) is 0 Å². The quantitative estimate of drug-likeness (QED) is 0.425. The number of methoxy groups -OCH3 is 1. The van der Waals surface area contributed by atoms with Crippen LogP contribution < -0.4 is 0 Å². The van der Waals surface area contributed by atoms with E-state index < -0.39 is 0 Å². The standard InChI is InChI=1S/C7H8O3S/c1-10-7(9)6-2-5(3-8)4-11-6/h6H,2,4H2,1H3. The Labute approximate surface area is 68.8 Å². The maximum absolute atomic E-state index is 10.9. The van der Waals surface area contributed by atoms with Gasteiger partial charge in [0.25, 0.3) is 0 Å². The summed E-state index contributed by atoms with van der Waals surface area (Å²) in [6, 6.07) is 0. The first-order valence-electron chi connectivity index (χ1n) is 3.20. The van der Waals surface area contributed by atoms with E-state index in [2.05, 4.69) is 4.74 Å². The summed E-state index contributed by atoms with van der Waals surface area (Å²) >= 11 is 1.43. The maximum Gasteiger partial charge on any atom is 0.319 e. The minimum atomic E-state index is -0.250. The number of ether oxygens (including phenoxy) is 1. The molecule has 0 aliphatic carbocycles. The number of carbonyl (C=O) groups excluding carboxylic acids is 2. The Hall–Kier alpha value is -0.730. The average Bonchev–Trinajstić information content (AvgIpc) is 2.50. The van der Waals surface area contributed by atoms with Gasteiger partial charge in [0.2, 0.25) is 0 Å². The van der Waals surface area contributed by atoms with Crippen molar-refractivity contribution in [1.82, 2.24) is 0 Å². The molecule has 0 amide bonds. The lowest BCUT2D eigenvalue weighted by atomic mass is 10.2. The smallest absolute Gasteiger partial charge is 0.319 e. The first kappa shape index (κ1) is 8.37. The van der Waals surface area contributed by atoms with E-state index in [4.69, 9.17) is 0 Å². The van der Waals surface area contributed by atoms with Crippen LogP contribution in [0.1, 0.15) is 6.42 Å². The first-order valence-corrected chi connectivity index (χ1v) is 4.25. The molecule has 0 radical (unpaired) electrons. The zero-order chi connectivity index (χ0) is 8.27. The topological polar surface area (TPSA) is 43.4 Å². The number of carbonyl (C=O) groups is 1. The molecule has 11 heavy (non-hydrogen) atoms. The van der Waals surface area contributed by atoms with Crippen molar-refractivity contribution in [1.29, 1.82) is 0 Å². The van der Waals surface area contributed by atoms with Crippen molar-refractivity contribution in [2.45, 2.75) is 11.7 Å². The Balaban J connectivity index is 2.54. The molecule has 1 rings (SSSR count). The highest BCUT2D eigenvalue weighted by Crippen LogP contribution is 2.29. The van der Waals surface area contributed by atoms with Gasteiger partial charge in [-0.15, -0.1) is 11.8 Å². The zero-order valence-electron chi connectivity index (χ0n) is 6.12. The predicted molar refractivity (Wildman–Crippen MR) is 42.1 cm³/mol. The molecule has 0 spiro atoms. The average molecular weight is 172 g/mol. The van der Waals surface area contributed by atoms with E-state index in [9.17, 15) is 9.59 Å². The van der Waals surface area contributed by atoms with Crippen LogP contribution >= 0.6 is 11.8 Å². The molecule has 60 valence electrons. The SMILES string of the molecule is COC(=O)C1CC(=C=O)CS1. The second kappa shape index (κ2) is 3.60. The van der Waals surface area contributed by atoms with Crippen LogP contribution in [0.15, 0.2) is 5.57 Å². The van der Waals surface area contributed by atoms with Gasteiger partial charge in [-0.3, -0.25) is 4.79 Å². The van der Waals surface area contributed by atoms with Crippen LogP contribution in [0.3, 0.4) is 0 Å². The van der Waals surface area contributed by atoms with Gasteiger partial charge in [0.1, 0.15) is 11.2 Å². The normalized spacial score (nSPS) is 23.0. The minimum Gasteiger partial charge on any atom is -0.468 e. The Morgan fingerprint density at radius 2 is 2.55 bits per heavy atom. The van der Waals surface area contributed by atoms with Gasteiger partial charge >= 0.3 is 5.97 Å². The highest BCUT2D eigenvalue weighted by Gasteiger charge is 2.27. The fourth-order valence-electron chi connectivity index (χ4n) is 0.897. The van der Waals surface area contributed by atoms with Crippen molar-refractivity contribution in [3.05, 3.63) is 5.57 Å². The first-order chi connectivity index (χ1) is 5.27. The maximum atomic E-state index is 10.9. The number of thioether (sulfide) groups is 1. The lowest BCUT2D eigenvalue weighted by Gasteiger charge is -2.02. The van der Waals surface area contributed by atoms with Crippen molar-refractivity contribution < 1.29 is 14.3 Å². The van der Waals surface area contributed by atoms with Gasteiger partial charge in [-0.2, -0.15) is 0 Å². The van der Waals surface area contributed by atoms with Crippen molar-refractivity contribution >= 4 is 23.7 Å². The number of hydrogen-bond acceptors (Lipinski definition) is 4. The second-order valence-electron chi connectivity index (χ2n) is 2.23. The molecule has 0 N–H and O–H groups in total. The van der Waals surface area contributed by atoms with Gasteiger partial charge in [0.05, 0.1) is 7.11 Å². The van der Waals surface area contributed by atoms with Crippen LogP contribution in [0, 0.1) is 0 Å². The molecule has 0 aromatic rings. The van der Waals surface area contributed by atoms with Gasteiger partial charge < -0.3 is 4.74 Å². The molecule has 0 aromatic carbocycles. The zero-order valence-corrected chi connectivity index (χ0v) is 6.94. The van der Waals surface area contributed by atoms with E-state index in [1.54, 1.807) is 0 Å². The molecule has 1 aliphatic rings. The molecule has 0 bridgehead atoms. The summed E-state index contributed by atoms with van der Waals surface area (Å²) in [7, 11) is 1.35. The van der Waals surface area contributed by atoms with Crippen molar-refractivity contribution in [2.24, 2.45) is 0 Å². The fraction of sp³-hybridized carbons (Fsp3) is 0.571. The highest BCUT2D eigenvalue weighted by molar-refractivity contribution is 8.01. The molecular formula is C7H8O3S. The second-order valence-corrected chi connectivity index (χ2v) is 3.42. The minimum absolute atomic E-state index is 0.184. The van der Waals surface area contributed by atoms with Crippen molar-refractivity contribution in [3.63, 3.8) is 0 Å². The summed E-state index contributed by atoms with van der Waals surface area (Å²) in [5.41, 5.74) is 0.672. The van der Waals surface area contributed by atoms with E-state index in [0.29, 0.717) is 17.7 Å². The Bertz CT molecular complexity index is 218. The van der Waals surface area contributed by atoms with Gasteiger partial charge in [-0.25, -0.2) is 4.79 Å². The van der Waals surface area contributed by atoms with Crippen LogP contribution in [-0.4, -0.2) is 30.0 Å². The van der Waals surface area contributed by atoms with Gasteiger partial charge in [0.15, 0.2) is 0 Å². The lowest BCUT2D eigenvalue weighted by Crippen LogP contribution is -2.15. The van der Waals surface area contributed by atoms with Crippen molar-refractivity contribution in [2.75, 3.05) is 12.9 Å². The van der Waals surface area contributed by atoms with Gasteiger partial charge in [0, 0.05) is 17.7 Å². The van der Waals surface area contributed by atoms with E-state index in [1.165, 1.54) is 18.9 Å². The Kier molecular flexibility index (Phi) is 2.74. The number of hydrogen-bond donors (Lipinski definition) is 0. The molecule has 1 unspecified atom stereocenters. The molecule has 0 aromatic heterocycles. The van der Waals surface area contributed by atoms with E-state index in [0.717, 1.165) is 0 Å². The molecule has 0 saturated carbocycles. The monoisotopic (exact) mass is 172 g/mol. The largest absolute Gasteiger partial charge is 0.468 e. The lowest BCUT2D eigenvalue weighted by molar-refractivity contribution is -0.139. The predicted octanol–water partition coefficient (Wildman–Crippen LogP) is 0.423. The van der Waals surface area contributed by atoms with Crippen LogP contribution in [0.5, 0.6) is 0 Å². The van der Waals surface area contributed by atoms with E-state index >= 15 is 0 Å². The Morgan fingerprint density at radius 1 is 1.82 bits per heavy atom. The van der Waals surface area contributed by atoms with Crippen LogP contribution in [-0.2, 0) is 14.3 Å². The third-order valence-corrected chi connectivity index (χ3v) is 2.78. The summed E-state index contributed by atoms with van der Waals surface area (Å²) in [5.74, 6) is 2.18. The molecule has 1 fully saturated rings. The summed E-state index contributed by atoms with van der Waals surface area (Å²) < 4.78 is 4.52. The molecule has 4 heteroatoms. The number of rotatable bonds is 1. The summed E-state index contributed by atoms with van der Waals surface area (Å²) in [6.45, 7) is 0. The van der Waals surface area contributed by atoms with E-state index in [-0.39, 0.29) is 11.2 Å². The molecule has 1 saturated heterocycles. The fourth-order valence-corrected chi connectivity index (χ4v) is 2.03. The summed E-state index contributed by atoms with van der Waals surface area (Å²) in [5, 5.41) is -0.184. The summed E-state index contributed by atoms with van der Waals surface area (Å²) in [4.78, 5) is 21.0. The van der Waals surface area contributed by atoms with E-state index in [1.807, 2.05) is 5.94 Å².